The van der Waals surface area contributed by atoms with E-state index in [-0.39, 0.29) is 31.1 Å². The molecule has 7 rings (SSSR count). The normalized spacial score (nSPS) is 27.5. The lowest BCUT2D eigenvalue weighted by atomic mass is 9.93. The zero-order chi connectivity index (χ0) is 36.1. The summed E-state index contributed by atoms with van der Waals surface area (Å²) >= 11 is 0. The summed E-state index contributed by atoms with van der Waals surface area (Å²) < 4.78 is 40.1. The topological polar surface area (TPSA) is 157 Å². The number of carbonyl (C=O) groups excluding carboxylic acids is 3. The van der Waals surface area contributed by atoms with Crippen LogP contribution in [0.25, 0.3) is 22.3 Å². The number of allylic oxidation sites excluding steroid dienone is 1. The number of rotatable bonds is 7. The quantitative estimate of drug-likeness (QED) is 0.339. The van der Waals surface area contributed by atoms with Crippen molar-refractivity contribution in [3.05, 3.63) is 59.8 Å². The second-order valence-electron chi connectivity index (χ2n) is 14.5. The van der Waals surface area contributed by atoms with E-state index < -0.39 is 50.6 Å². The summed E-state index contributed by atoms with van der Waals surface area (Å²) in [5.41, 5.74) is 2.27. The van der Waals surface area contributed by atoms with Crippen LogP contribution in [0.3, 0.4) is 0 Å². The van der Waals surface area contributed by atoms with Gasteiger partial charge in [-0.1, -0.05) is 18.2 Å². The fourth-order valence-corrected chi connectivity index (χ4v) is 8.95. The zero-order valence-corrected chi connectivity index (χ0v) is 30.3. The Morgan fingerprint density at radius 1 is 1.02 bits per heavy atom. The lowest BCUT2D eigenvalue weighted by Gasteiger charge is -2.26. The van der Waals surface area contributed by atoms with Gasteiger partial charge in [0.15, 0.2) is 0 Å². The molecule has 3 aromatic rings. The minimum absolute atomic E-state index is 0.152. The Morgan fingerprint density at radius 3 is 2.55 bits per heavy atom. The molecule has 3 heterocycles. The Morgan fingerprint density at radius 2 is 1.80 bits per heavy atom. The summed E-state index contributed by atoms with van der Waals surface area (Å²) in [5.74, 6) is -1.93. The smallest absolute Gasteiger partial charge is 0.259 e. The van der Waals surface area contributed by atoms with E-state index in [1.165, 1.54) is 0 Å². The molecule has 12 nitrogen and oxygen atoms in total. The number of benzene rings is 1. The van der Waals surface area contributed by atoms with Crippen molar-refractivity contribution in [2.24, 2.45) is 17.8 Å². The molecule has 1 unspecified atom stereocenters. The predicted molar refractivity (Wildman–Crippen MR) is 191 cm³/mol. The molecule has 270 valence electrons. The van der Waals surface area contributed by atoms with Crippen LogP contribution >= 0.6 is 0 Å². The first-order valence-corrected chi connectivity index (χ1v) is 19.3. The van der Waals surface area contributed by atoms with E-state index in [0.29, 0.717) is 47.8 Å². The van der Waals surface area contributed by atoms with Crippen LogP contribution in [0.15, 0.2) is 48.6 Å². The van der Waals surface area contributed by atoms with Gasteiger partial charge in [0.2, 0.25) is 21.8 Å². The molecule has 5 atom stereocenters. The van der Waals surface area contributed by atoms with Gasteiger partial charge in [-0.25, -0.2) is 13.4 Å². The van der Waals surface area contributed by atoms with E-state index in [9.17, 15) is 22.8 Å². The van der Waals surface area contributed by atoms with E-state index >= 15 is 0 Å². The number of aryl methyl sites for hydroxylation is 2. The molecule has 3 fully saturated rings. The number of ether oxygens (including phenoxy) is 2. The first kappa shape index (κ1) is 34.9. The fourth-order valence-electron chi connectivity index (χ4n) is 7.59. The van der Waals surface area contributed by atoms with Gasteiger partial charge in [0.25, 0.3) is 5.91 Å². The molecule has 3 saturated carbocycles. The maximum absolute atomic E-state index is 14.2. The third-order valence-electron chi connectivity index (χ3n) is 10.8. The van der Waals surface area contributed by atoms with Crippen molar-refractivity contribution >= 4 is 38.6 Å². The predicted octanol–water partition coefficient (Wildman–Crippen LogP) is 4.38. The molecule has 3 aliphatic carbocycles. The van der Waals surface area contributed by atoms with E-state index in [1.54, 1.807) is 19.1 Å². The SMILES string of the molecule is COc1ccc2c(O[C@H]3CC4C(=O)N(C)CCCC/C=C\[C@@H]5C[C@@]5(C(=O)NS(=O)(=O)C5CC5)NC(=O)[C@@H]4C3)cc(-c3cccc(C)n3)nc2c1C. The Labute approximate surface area is 298 Å². The molecule has 3 amide bonds. The lowest BCUT2D eigenvalue weighted by molar-refractivity contribution is -0.140. The van der Waals surface area contributed by atoms with Gasteiger partial charge < -0.3 is 19.7 Å². The second kappa shape index (κ2) is 13.6. The van der Waals surface area contributed by atoms with Gasteiger partial charge in [0, 0.05) is 42.2 Å². The van der Waals surface area contributed by atoms with Crippen LogP contribution in [0, 0.1) is 31.6 Å². The molecule has 1 aliphatic heterocycles. The Bertz CT molecular complexity index is 2030. The van der Waals surface area contributed by atoms with E-state index in [2.05, 4.69) is 15.0 Å². The first-order valence-electron chi connectivity index (χ1n) is 17.8. The van der Waals surface area contributed by atoms with Gasteiger partial charge in [-0.2, -0.15) is 0 Å². The number of nitrogens with one attached hydrogen (secondary N) is 2. The first-order chi connectivity index (χ1) is 24.4. The van der Waals surface area contributed by atoms with Crippen molar-refractivity contribution in [3.8, 4) is 22.9 Å². The van der Waals surface area contributed by atoms with Crippen molar-refractivity contribution in [2.45, 2.75) is 82.1 Å². The summed E-state index contributed by atoms with van der Waals surface area (Å²) in [6.45, 7) is 4.41. The summed E-state index contributed by atoms with van der Waals surface area (Å²) in [6, 6.07) is 11.3. The lowest BCUT2D eigenvalue weighted by Crippen LogP contribution is -2.54. The molecule has 4 aliphatic rings. The van der Waals surface area contributed by atoms with Crippen LogP contribution in [-0.4, -0.2) is 78.6 Å². The third-order valence-corrected chi connectivity index (χ3v) is 12.6. The standard InChI is InChI=1S/C38H45N5O7S/c1-22-10-9-12-30(39-22)31-20-33(27-15-16-32(49-4)23(2)34(27)40-31)50-25-18-28-29(19-25)36(45)43(3)17-8-6-5-7-11-24-21-38(24,41-35(28)44)37(46)42-51(47,48)26-13-14-26/h7,9-12,15-16,20,24-26,28-29H,5-6,8,13-14,17-19,21H2,1-4H3,(H,41,44)(H,42,46)/b11-7-/t24-,25-,28-,29?,38-/m1/s1. The summed E-state index contributed by atoms with van der Waals surface area (Å²) in [5, 5.41) is 3.13. The molecule has 51 heavy (non-hydrogen) atoms. The molecule has 1 aromatic carbocycles. The van der Waals surface area contributed by atoms with Gasteiger partial charge in [0.05, 0.1) is 41.1 Å². The molecule has 0 spiro atoms. The van der Waals surface area contributed by atoms with Crippen molar-refractivity contribution in [1.82, 2.24) is 24.9 Å². The van der Waals surface area contributed by atoms with Crippen LogP contribution in [0.1, 0.15) is 62.6 Å². The number of amides is 3. The van der Waals surface area contributed by atoms with E-state index in [4.69, 9.17) is 14.5 Å². The highest BCUT2D eigenvalue weighted by Gasteiger charge is 2.62. The van der Waals surface area contributed by atoms with Crippen LogP contribution in [-0.2, 0) is 24.4 Å². The Kier molecular flexibility index (Phi) is 9.28. The number of methoxy groups -OCH3 is 1. The van der Waals surface area contributed by atoms with Crippen LogP contribution in [0.5, 0.6) is 11.5 Å². The molecular formula is C38H45N5O7S. The number of aromatic nitrogens is 2. The van der Waals surface area contributed by atoms with Crippen LogP contribution in [0.4, 0.5) is 0 Å². The largest absolute Gasteiger partial charge is 0.496 e. The number of pyridine rings is 2. The monoisotopic (exact) mass is 715 g/mol. The highest BCUT2D eigenvalue weighted by atomic mass is 32.2. The fraction of sp³-hybridized carbons (Fsp3) is 0.500. The van der Waals surface area contributed by atoms with Gasteiger partial charge in [-0.15, -0.1) is 0 Å². The molecule has 0 bridgehead atoms. The number of hydrogen-bond donors (Lipinski definition) is 2. The second-order valence-corrected chi connectivity index (χ2v) is 16.5. The highest BCUT2D eigenvalue weighted by molar-refractivity contribution is 7.91. The summed E-state index contributed by atoms with van der Waals surface area (Å²) in [6.07, 6.45) is 7.58. The number of sulfonamides is 1. The van der Waals surface area contributed by atoms with Crippen molar-refractivity contribution in [3.63, 3.8) is 0 Å². The molecule has 0 radical (unpaired) electrons. The maximum Gasteiger partial charge on any atom is 0.259 e. The highest BCUT2D eigenvalue weighted by Crippen LogP contribution is 2.47. The average molecular weight is 716 g/mol. The minimum atomic E-state index is -3.83. The van der Waals surface area contributed by atoms with Gasteiger partial charge in [0.1, 0.15) is 23.1 Å². The Hall–Kier alpha value is -4.52. The Balaban J connectivity index is 1.21. The number of carbonyl (C=O) groups is 3. The number of hydrogen-bond acceptors (Lipinski definition) is 9. The molecular weight excluding hydrogens is 671 g/mol. The van der Waals surface area contributed by atoms with Crippen molar-refractivity contribution in [1.29, 1.82) is 0 Å². The zero-order valence-electron chi connectivity index (χ0n) is 29.5. The average Bonchev–Trinajstić information content (AvgIpc) is 4.03. The number of fused-ring (bicyclic) bond motifs is 3. The van der Waals surface area contributed by atoms with Crippen LogP contribution in [0.2, 0.25) is 0 Å². The summed E-state index contributed by atoms with van der Waals surface area (Å²) in [4.78, 5) is 53.2. The van der Waals surface area contributed by atoms with Gasteiger partial charge >= 0.3 is 0 Å². The molecule has 13 heteroatoms. The third kappa shape index (κ3) is 6.92. The van der Waals surface area contributed by atoms with Gasteiger partial charge in [-0.05, 0) is 89.5 Å². The van der Waals surface area contributed by atoms with Crippen molar-refractivity contribution < 1.29 is 32.3 Å². The molecule has 2 N–H and O–H groups in total. The maximum atomic E-state index is 14.2. The summed E-state index contributed by atoms with van der Waals surface area (Å²) in [7, 11) is -0.457. The van der Waals surface area contributed by atoms with Crippen molar-refractivity contribution in [2.75, 3.05) is 20.7 Å². The van der Waals surface area contributed by atoms with E-state index in [1.807, 2.05) is 62.4 Å². The van der Waals surface area contributed by atoms with E-state index in [0.717, 1.165) is 35.9 Å². The molecule has 2 aromatic heterocycles. The minimum Gasteiger partial charge on any atom is -0.496 e. The number of nitrogens with zero attached hydrogens (tertiary/aromatic N) is 3. The van der Waals surface area contributed by atoms with Crippen LogP contribution < -0.4 is 19.5 Å². The molecule has 0 saturated heterocycles. The van der Waals surface area contributed by atoms with Gasteiger partial charge in [-0.3, -0.25) is 24.1 Å².